The Morgan fingerprint density at radius 3 is 2.27 bits per heavy atom. The third kappa shape index (κ3) is 3.64. The lowest BCUT2D eigenvalue weighted by atomic mass is 10.1. The smallest absolute Gasteiger partial charge is 0.416 e. The fourth-order valence-electron chi connectivity index (χ4n) is 3.66. The Morgan fingerprint density at radius 2 is 1.60 bits per heavy atom. The van der Waals surface area contributed by atoms with Crippen LogP contribution in [0.1, 0.15) is 22.6 Å². The highest BCUT2D eigenvalue weighted by Crippen LogP contribution is 2.34. The molecule has 0 atom stereocenters. The summed E-state index contributed by atoms with van der Waals surface area (Å²) in [6, 6.07) is 18.2. The summed E-state index contributed by atoms with van der Waals surface area (Å²) in [5.41, 5.74) is 3.01. The molecule has 1 aliphatic rings. The second kappa shape index (κ2) is 7.18. The Balaban J connectivity index is 1.35. The Kier molecular flexibility index (Phi) is 4.47. The summed E-state index contributed by atoms with van der Waals surface area (Å²) in [6.45, 7) is 2.23. The van der Waals surface area contributed by atoms with Crippen molar-refractivity contribution in [1.29, 1.82) is 0 Å². The van der Waals surface area contributed by atoms with E-state index in [0.717, 1.165) is 25.2 Å². The number of ether oxygens (including phenoxy) is 1. The number of halogens is 3. The predicted octanol–water partition coefficient (Wildman–Crippen LogP) is 6.15. The summed E-state index contributed by atoms with van der Waals surface area (Å²) < 4.78 is 49.9. The molecule has 3 aromatic carbocycles. The van der Waals surface area contributed by atoms with Gasteiger partial charge in [0.25, 0.3) is 0 Å². The second-order valence-corrected chi connectivity index (χ2v) is 7.25. The molecule has 0 spiro atoms. The minimum absolute atomic E-state index is 0.301. The van der Waals surface area contributed by atoms with E-state index in [2.05, 4.69) is 22.0 Å². The van der Waals surface area contributed by atoms with Gasteiger partial charge in [-0.3, -0.25) is 4.90 Å². The van der Waals surface area contributed by atoms with Gasteiger partial charge < -0.3 is 9.15 Å². The molecule has 0 amide bonds. The molecule has 0 aliphatic carbocycles. The molecular formula is C23H17F3N2O2. The van der Waals surface area contributed by atoms with Gasteiger partial charge in [0, 0.05) is 13.1 Å². The van der Waals surface area contributed by atoms with Crippen molar-refractivity contribution in [3.05, 3.63) is 89.3 Å². The van der Waals surface area contributed by atoms with Crippen molar-refractivity contribution in [1.82, 2.24) is 9.88 Å². The molecule has 0 N–H and O–H groups in total. The van der Waals surface area contributed by atoms with Crippen LogP contribution in [-0.2, 0) is 25.8 Å². The number of rotatable bonds is 4. The van der Waals surface area contributed by atoms with E-state index in [1.54, 1.807) is 18.2 Å². The Labute approximate surface area is 170 Å². The van der Waals surface area contributed by atoms with Crippen LogP contribution in [0.25, 0.3) is 11.1 Å². The fraction of sp³-hybridized carbons (Fsp3) is 0.174. The average molecular weight is 410 g/mol. The molecule has 1 aromatic heterocycles. The first-order chi connectivity index (χ1) is 14.5. The van der Waals surface area contributed by atoms with Gasteiger partial charge in [-0.25, -0.2) is 4.98 Å². The molecular weight excluding hydrogens is 393 g/mol. The topological polar surface area (TPSA) is 38.5 Å². The highest BCUT2D eigenvalue weighted by atomic mass is 19.4. The molecule has 0 fully saturated rings. The van der Waals surface area contributed by atoms with Crippen molar-refractivity contribution in [2.75, 3.05) is 0 Å². The number of benzene rings is 3. The lowest BCUT2D eigenvalue weighted by molar-refractivity contribution is -0.137. The maximum Gasteiger partial charge on any atom is 0.416 e. The highest BCUT2D eigenvalue weighted by molar-refractivity contribution is 5.80. The van der Waals surface area contributed by atoms with Crippen molar-refractivity contribution >= 4 is 11.1 Å². The number of hydrogen-bond acceptors (Lipinski definition) is 4. The van der Waals surface area contributed by atoms with E-state index in [1.165, 1.54) is 23.3 Å². The summed E-state index contributed by atoms with van der Waals surface area (Å²) in [5, 5.41) is 0. The van der Waals surface area contributed by atoms with Crippen LogP contribution in [0.2, 0.25) is 0 Å². The van der Waals surface area contributed by atoms with Gasteiger partial charge in [0.1, 0.15) is 5.75 Å². The first kappa shape index (κ1) is 18.7. The number of alkyl halides is 3. The van der Waals surface area contributed by atoms with Crippen LogP contribution in [0.5, 0.6) is 11.5 Å². The number of aromatic nitrogens is 1. The zero-order chi connectivity index (χ0) is 20.7. The van der Waals surface area contributed by atoms with E-state index in [4.69, 9.17) is 9.15 Å². The van der Waals surface area contributed by atoms with E-state index < -0.39 is 11.7 Å². The lowest BCUT2D eigenvalue weighted by Gasteiger charge is -2.11. The maximum atomic E-state index is 12.7. The van der Waals surface area contributed by atoms with Crippen molar-refractivity contribution in [2.24, 2.45) is 0 Å². The zero-order valence-corrected chi connectivity index (χ0v) is 15.8. The molecule has 4 aromatic rings. The van der Waals surface area contributed by atoms with Gasteiger partial charge in [-0.15, -0.1) is 0 Å². The van der Waals surface area contributed by atoms with Crippen LogP contribution >= 0.6 is 0 Å². The minimum Gasteiger partial charge on any atom is -0.455 e. The van der Waals surface area contributed by atoms with E-state index in [1.807, 2.05) is 12.1 Å². The third-order valence-corrected chi connectivity index (χ3v) is 5.10. The molecule has 0 saturated heterocycles. The Hall–Kier alpha value is -3.32. The predicted molar refractivity (Wildman–Crippen MR) is 105 cm³/mol. The van der Waals surface area contributed by atoms with E-state index in [-0.39, 0.29) is 0 Å². The summed E-state index contributed by atoms with van der Waals surface area (Å²) >= 11 is 0. The van der Waals surface area contributed by atoms with Crippen molar-refractivity contribution < 1.29 is 22.3 Å². The Bertz CT molecular complexity index is 1170. The van der Waals surface area contributed by atoms with Gasteiger partial charge in [-0.2, -0.15) is 13.2 Å². The lowest BCUT2D eigenvalue weighted by Crippen LogP contribution is -2.15. The molecule has 1 aliphatic heterocycles. The van der Waals surface area contributed by atoms with Gasteiger partial charge in [-0.1, -0.05) is 30.3 Å². The molecule has 0 unspecified atom stereocenters. The largest absolute Gasteiger partial charge is 0.455 e. The van der Waals surface area contributed by atoms with Gasteiger partial charge in [0.15, 0.2) is 16.8 Å². The summed E-state index contributed by atoms with van der Waals surface area (Å²) in [6.07, 6.45) is -4.38. The number of hydrogen-bond donors (Lipinski definition) is 0. The van der Waals surface area contributed by atoms with Crippen molar-refractivity contribution in [2.45, 2.75) is 25.8 Å². The first-order valence-electron chi connectivity index (χ1n) is 9.48. The van der Waals surface area contributed by atoms with Gasteiger partial charge >= 0.3 is 6.18 Å². The summed E-state index contributed by atoms with van der Waals surface area (Å²) in [7, 11) is 0. The molecule has 30 heavy (non-hydrogen) atoms. The molecule has 0 saturated carbocycles. The average Bonchev–Trinajstić information content (AvgIpc) is 3.31. The van der Waals surface area contributed by atoms with Gasteiger partial charge in [0.05, 0.1) is 12.1 Å². The monoisotopic (exact) mass is 410 g/mol. The summed E-state index contributed by atoms with van der Waals surface area (Å²) in [5.74, 6) is 1.31. The van der Waals surface area contributed by atoms with Crippen molar-refractivity contribution in [3.63, 3.8) is 0 Å². The minimum atomic E-state index is -4.38. The molecule has 0 bridgehead atoms. The molecule has 152 valence electrons. The van der Waals surface area contributed by atoms with Crippen LogP contribution in [0.15, 0.2) is 71.1 Å². The first-order valence-corrected chi connectivity index (χ1v) is 9.48. The number of para-hydroxylation sites is 1. The quantitative estimate of drug-likeness (QED) is 0.404. The second-order valence-electron chi connectivity index (χ2n) is 7.25. The zero-order valence-electron chi connectivity index (χ0n) is 15.8. The van der Waals surface area contributed by atoms with E-state index in [9.17, 15) is 13.2 Å². The van der Waals surface area contributed by atoms with E-state index >= 15 is 0 Å². The fourth-order valence-corrected chi connectivity index (χ4v) is 3.66. The van der Waals surface area contributed by atoms with Gasteiger partial charge in [-0.05, 0) is 47.5 Å². The molecule has 0 radical (unpaired) electrons. The molecule has 2 heterocycles. The van der Waals surface area contributed by atoms with Crippen LogP contribution < -0.4 is 4.74 Å². The molecule has 7 heteroatoms. The Morgan fingerprint density at radius 1 is 0.900 bits per heavy atom. The summed E-state index contributed by atoms with van der Waals surface area (Å²) in [4.78, 5) is 6.82. The van der Waals surface area contributed by atoms with Crippen LogP contribution in [-0.4, -0.2) is 9.88 Å². The highest BCUT2D eigenvalue weighted by Gasteiger charge is 2.30. The van der Waals surface area contributed by atoms with Crippen molar-refractivity contribution in [3.8, 4) is 11.5 Å². The normalized spacial score (nSPS) is 14.2. The van der Waals surface area contributed by atoms with E-state index in [0.29, 0.717) is 35.0 Å². The SMILES string of the molecule is FC(F)(F)c1ccc(Oc2cccc3oc(CN4Cc5ccccc5C4)nc23)cc1. The molecule has 5 rings (SSSR count). The maximum absolute atomic E-state index is 12.7. The number of fused-ring (bicyclic) bond motifs is 2. The third-order valence-electron chi connectivity index (χ3n) is 5.10. The number of nitrogens with zero attached hydrogens (tertiary/aromatic N) is 2. The number of oxazole rings is 1. The van der Waals surface area contributed by atoms with Crippen LogP contribution in [0, 0.1) is 0 Å². The standard InChI is InChI=1S/C23H17F3N2O2/c24-23(25,26)17-8-10-18(11-9-17)29-19-6-3-7-20-22(19)27-21(30-20)14-28-12-15-4-1-2-5-16(15)13-28/h1-11H,12-14H2. The van der Waals surface area contributed by atoms with Crippen LogP contribution in [0.3, 0.4) is 0 Å². The van der Waals surface area contributed by atoms with Gasteiger partial charge in [0.2, 0.25) is 5.89 Å². The molecule has 4 nitrogen and oxygen atoms in total. The van der Waals surface area contributed by atoms with Crippen LogP contribution in [0.4, 0.5) is 13.2 Å².